The molecule has 1 unspecified atom stereocenters. The van der Waals surface area contributed by atoms with Crippen molar-refractivity contribution in [3.8, 4) is 0 Å². The van der Waals surface area contributed by atoms with E-state index in [2.05, 4.69) is 0 Å². The molecule has 4 heteroatoms. The van der Waals surface area contributed by atoms with Crippen LogP contribution in [-0.2, 0) is 9.59 Å². The lowest BCUT2D eigenvalue weighted by Crippen LogP contribution is -2.17. The summed E-state index contributed by atoms with van der Waals surface area (Å²) >= 11 is 0. The van der Waals surface area contributed by atoms with Gasteiger partial charge in [-0.15, -0.1) is 0 Å². The quantitative estimate of drug-likeness (QED) is 0.819. The van der Waals surface area contributed by atoms with E-state index < -0.39 is 17.9 Å². The fourth-order valence-electron chi connectivity index (χ4n) is 2.10. The molecule has 0 saturated heterocycles. The van der Waals surface area contributed by atoms with Crippen LogP contribution in [-0.4, -0.2) is 22.2 Å². The van der Waals surface area contributed by atoms with Crippen molar-refractivity contribution in [3.63, 3.8) is 0 Å². The minimum absolute atomic E-state index is 0.362. The highest BCUT2D eigenvalue weighted by Crippen LogP contribution is 2.43. The van der Waals surface area contributed by atoms with E-state index >= 15 is 0 Å². The van der Waals surface area contributed by atoms with E-state index in [1.54, 1.807) is 12.1 Å². The van der Waals surface area contributed by atoms with E-state index in [-0.39, 0.29) is 6.42 Å². The summed E-state index contributed by atoms with van der Waals surface area (Å²) in [5.74, 6) is -2.67. The molecule has 17 heavy (non-hydrogen) atoms. The molecular weight excluding hydrogens is 220 g/mol. The van der Waals surface area contributed by atoms with Gasteiger partial charge < -0.3 is 10.2 Å². The molecule has 1 aliphatic carbocycles. The largest absolute Gasteiger partial charge is 0.481 e. The van der Waals surface area contributed by atoms with Gasteiger partial charge in [-0.1, -0.05) is 24.3 Å². The summed E-state index contributed by atoms with van der Waals surface area (Å²) in [7, 11) is 0. The van der Waals surface area contributed by atoms with Crippen molar-refractivity contribution in [3.05, 3.63) is 35.4 Å². The molecule has 0 bridgehead atoms. The number of benzene rings is 1. The van der Waals surface area contributed by atoms with Gasteiger partial charge in [0.1, 0.15) is 0 Å². The van der Waals surface area contributed by atoms with E-state index in [4.69, 9.17) is 10.2 Å². The monoisotopic (exact) mass is 234 g/mol. The maximum atomic E-state index is 11.2. The topological polar surface area (TPSA) is 74.6 Å². The van der Waals surface area contributed by atoms with Crippen LogP contribution >= 0.6 is 0 Å². The standard InChI is InChI=1S/C13H14O4/c14-12(15)7-11(13(16)17)10-4-2-1-3-9(10)8-5-6-8/h1-4,8,11H,5-7H2,(H,14,15)(H,16,17). The molecule has 0 spiro atoms. The summed E-state index contributed by atoms with van der Waals surface area (Å²) in [5.41, 5.74) is 1.66. The molecule has 2 N–H and O–H groups in total. The Balaban J connectivity index is 2.34. The average Bonchev–Trinajstić information content (AvgIpc) is 3.09. The summed E-state index contributed by atoms with van der Waals surface area (Å²) in [6, 6.07) is 7.27. The van der Waals surface area contributed by atoms with Crippen LogP contribution in [0.25, 0.3) is 0 Å². The maximum absolute atomic E-state index is 11.2. The fourth-order valence-corrected chi connectivity index (χ4v) is 2.10. The minimum atomic E-state index is -1.08. The van der Waals surface area contributed by atoms with Crippen molar-refractivity contribution >= 4 is 11.9 Å². The highest BCUT2D eigenvalue weighted by atomic mass is 16.4. The van der Waals surface area contributed by atoms with Crippen LogP contribution in [0.2, 0.25) is 0 Å². The third-order valence-corrected chi connectivity index (χ3v) is 3.07. The van der Waals surface area contributed by atoms with Crippen LogP contribution in [0.5, 0.6) is 0 Å². The molecule has 1 atom stereocenters. The summed E-state index contributed by atoms with van der Waals surface area (Å²) in [6.45, 7) is 0. The number of hydrogen-bond acceptors (Lipinski definition) is 2. The Labute approximate surface area is 98.9 Å². The number of hydrogen-bond donors (Lipinski definition) is 2. The second-order valence-electron chi connectivity index (χ2n) is 4.39. The lowest BCUT2D eigenvalue weighted by atomic mass is 9.90. The highest BCUT2D eigenvalue weighted by Gasteiger charge is 2.31. The van der Waals surface area contributed by atoms with Crippen molar-refractivity contribution in [2.75, 3.05) is 0 Å². The first kappa shape index (κ1) is 11.6. The molecule has 1 aromatic rings. The molecule has 0 aromatic heterocycles. The van der Waals surface area contributed by atoms with Gasteiger partial charge in [0.25, 0.3) is 0 Å². The summed E-state index contributed by atoms with van der Waals surface area (Å²) in [5, 5.41) is 17.9. The van der Waals surface area contributed by atoms with Crippen LogP contribution in [0.15, 0.2) is 24.3 Å². The maximum Gasteiger partial charge on any atom is 0.311 e. The van der Waals surface area contributed by atoms with Gasteiger partial charge in [0.05, 0.1) is 12.3 Å². The predicted octanol–water partition coefficient (Wildman–Crippen LogP) is 2.21. The summed E-state index contributed by atoms with van der Waals surface area (Å²) in [4.78, 5) is 21.9. The molecule has 1 aliphatic rings. The van der Waals surface area contributed by atoms with Crippen molar-refractivity contribution in [1.82, 2.24) is 0 Å². The SMILES string of the molecule is O=C(O)CC(C(=O)O)c1ccccc1C1CC1. The molecule has 1 aromatic carbocycles. The zero-order chi connectivity index (χ0) is 12.4. The third-order valence-electron chi connectivity index (χ3n) is 3.07. The second kappa shape index (κ2) is 4.57. The first-order valence-electron chi connectivity index (χ1n) is 5.63. The smallest absolute Gasteiger partial charge is 0.311 e. The zero-order valence-electron chi connectivity index (χ0n) is 9.30. The van der Waals surface area contributed by atoms with Gasteiger partial charge in [-0.3, -0.25) is 9.59 Å². The third kappa shape index (κ3) is 2.64. The Morgan fingerprint density at radius 3 is 2.41 bits per heavy atom. The predicted molar refractivity (Wildman–Crippen MR) is 61.0 cm³/mol. The molecule has 1 fully saturated rings. The van der Waals surface area contributed by atoms with Gasteiger partial charge in [-0.05, 0) is 29.9 Å². The van der Waals surface area contributed by atoms with Gasteiger partial charge in [-0.25, -0.2) is 0 Å². The lowest BCUT2D eigenvalue weighted by molar-refractivity contribution is -0.145. The molecule has 4 nitrogen and oxygen atoms in total. The molecule has 0 amide bonds. The van der Waals surface area contributed by atoms with Gasteiger partial charge in [0.2, 0.25) is 0 Å². The molecule has 0 aliphatic heterocycles. The van der Waals surface area contributed by atoms with Gasteiger partial charge >= 0.3 is 11.9 Å². The molecule has 90 valence electrons. The lowest BCUT2D eigenvalue weighted by Gasteiger charge is -2.14. The average molecular weight is 234 g/mol. The number of carboxylic acids is 2. The van der Waals surface area contributed by atoms with Crippen molar-refractivity contribution in [2.45, 2.75) is 31.1 Å². The van der Waals surface area contributed by atoms with E-state index in [0.717, 1.165) is 18.4 Å². The number of carbonyl (C=O) groups is 2. The minimum Gasteiger partial charge on any atom is -0.481 e. The van der Waals surface area contributed by atoms with Crippen molar-refractivity contribution in [1.29, 1.82) is 0 Å². The van der Waals surface area contributed by atoms with Crippen LogP contribution in [0, 0.1) is 0 Å². The molecule has 1 saturated carbocycles. The molecule has 0 heterocycles. The number of aliphatic carboxylic acids is 2. The van der Waals surface area contributed by atoms with Crippen LogP contribution in [0.3, 0.4) is 0 Å². The Morgan fingerprint density at radius 1 is 1.24 bits per heavy atom. The molecule has 0 radical (unpaired) electrons. The Bertz CT molecular complexity index is 448. The van der Waals surface area contributed by atoms with Crippen molar-refractivity contribution in [2.24, 2.45) is 0 Å². The first-order chi connectivity index (χ1) is 8.09. The van der Waals surface area contributed by atoms with E-state index in [9.17, 15) is 9.59 Å². The highest BCUT2D eigenvalue weighted by molar-refractivity contribution is 5.83. The number of rotatable bonds is 5. The van der Waals surface area contributed by atoms with Crippen LogP contribution < -0.4 is 0 Å². The van der Waals surface area contributed by atoms with Gasteiger partial charge in [-0.2, -0.15) is 0 Å². The van der Waals surface area contributed by atoms with Gasteiger partial charge in [0, 0.05) is 0 Å². The number of carboxylic acid groups (broad SMARTS) is 2. The Kier molecular flexibility index (Phi) is 3.13. The van der Waals surface area contributed by atoms with E-state index in [1.165, 1.54) is 0 Å². The first-order valence-corrected chi connectivity index (χ1v) is 5.63. The van der Waals surface area contributed by atoms with Gasteiger partial charge in [0.15, 0.2) is 0 Å². The Hall–Kier alpha value is -1.84. The van der Waals surface area contributed by atoms with Crippen LogP contribution in [0.1, 0.15) is 42.2 Å². The van der Waals surface area contributed by atoms with E-state index in [1.807, 2.05) is 12.1 Å². The molecular formula is C13H14O4. The summed E-state index contributed by atoms with van der Waals surface area (Å²) < 4.78 is 0. The molecule has 2 rings (SSSR count). The fraction of sp³-hybridized carbons (Fsp3) is 0.385. The normalized spacial score (nSPS) is 16.5. The summed E-state index contributed by atoms with van der Waals surface area (Å²) in [6.07, 6.45) is 1.77. The van der Waals surface area contributed by atoms with Crippen molar-refractivity contribution < 1.29 is 19.8 Å². The van der Waals surface area contributed by atoms with Crippen LogP contribution in [0.4, 0.5) is 0 Å². The Morgan fingerprint density at radius 2 is 1.88 bits per heavy atom. The van der Waals surface area contributed by atoms with E-state index in [0.29, 0.717) is 11.5 Å². The second-order valence-corrected chi connectivity index (χ2v) is 4.39. The zero-order valence-corrected chi connectivity index (χ0v) is 9.30.